The second kappa shape index (κ2) is 46.7. The van der Waals surface area contributed by atoms with Crippen molar-refractivity contribution in [3.05, 3.63) is 212 Å². The molecule has 6 aromatic carbocycles. The molecule has 0 unspecified atom stereocenters. The van der Waals surface area contributed by atoms with Gasteiger partial charge in [0.25, 0.3) is 0 Å². The molecule has 0 bridgehead atoms. The third-order valence-electron chi connectivity index (χ3n) is 20.0. The van der Waals surface area contributed by atoms with E-state index in [4.69, 9.17) is 28.4 Å². The van der Waals surface area contributed by atoms with E-state index in [2.05, 4.69) is 41.5 Å². The number of esters is 6. The molecule has 1 aliphatic rings. The van der Waals surface area contributed by atoms with Crippen molar-refractivity contribution in [3.63, 3.8) is 0 Å². The van der Waals surface area contributed by atoms with Crippen LogP contribution in [0.25, 0.3) is 0 Å². The highest BCUT2D eigenvalue weighted by Gasteiger charge is 2.62. The van der Waals surface area contributed by atoms with E-state index < -0.39 is 72.4 Å². The maximum atomic E-state index is 15.3. The second-order valence-corrected chi connectivity index (χ2v) is 28.4. The fraction of sp³-hybridized carbons (Fsp3) is 0.533. The van der Waals surface area contributed by atoms with E-state index in [0.717, 1.165) is 265 Å². The van der Waals surface area contributed by atoms with Crippen LogP contribution in [0.3, 0.4) is 0 Å². The number of carbonyl (C=O) groups excluding carboxylic acids is 6. The van der Waals surface area contributed by atoms with Gasteiger partial charge in [-0.25, -0.2) is 28.8 Å². The highest BCUT2D eigenvalue weighted by Crippen LogP contribution is 2.38. The Morgan fingerprint density at radius 2 is 0.304 bits per heavy atom. The zero-order valence-corrected chi connectivity index (χ0v) is 62.7. The van der Waals surface area contributed by atoms with Crippen LogP contribution >= 0.6 is 0 Å². The number of carbonyl (C=O) groups is 6. The van der Waals surface area contributed by atoms with E-state index in [1.165, 1.54) is 0 Å². The molecule has 1 aliphatic carbocycles. The summed E-state index contributed by atoms with van der Waals surface area (Å²) < 4.78 is 40.2. The molecule has 102 heavy (non-hydrogen) atoms. The Balaban J connectivity index is 1.40. The summed E-state index contributed by atoms with van der Waals surface area (Å²) in [6.45, 7) is 13.1. The van der Waals surface area contributed by atoms with E-state index in [9.17, 15) is 0 Å². The summed E-state index contributed by atoms with van der Waals surface area (Å²) in [6, 6.07) is 42.4. The lowest BCUT2D eigenvalue weighted by atomic mass is 9.83. The first-order chi connectivity index (χ1) is 49.9. The molecular formula is C90H120O12. The second-order valence-electron chi connectivity index (χ2n) is 28.4. The molecule has 552 valence electrons. The smallest absolute Gasteiger partial charge is 0.338 e. The van der Waals surface area contributed by atoms with E-state index in [1.807, 2.05) is 72.8 Å². The third kappa shape index (κ3) is 27.7. The Morgan fingerprint density at radius 1 is 0.186 bits per heavy atom. The summed E-state index contributed by atoms with van der Waals surface area (Å²) in [6.07, 6.45) is 26.0. The molecule has 0 amide bonds. The molecule has 6 aromatic rings. The Labute approximate surface area is 611 Å². The van der Waals surface area contributed by atoms with E-state index in [-0.39, 0.29) is 33.4 Å². The predicted octanol–water partition coefficient (Wildman–Crippen LogP) is 22.4. The van der Waals surface area contributed by atoms with Crippen LogP contribution in [0.15, 0.2) is 146 Å². The summed E-state index contributed by atoms with van der Waals surface area (Å²) in [5, 5.41) is 0. The maximum Gasteiger partial charge on any atom is 0.338 e. The summed E-state index contributed by atoms with van der Waals surface area (Å²) >= 11 is 0. The van der Waals surface area contributed by atoms with Crippen LogP contribution in [0.4, 0.5) is 0 Å². The van der Waals surface area contributed by atoms with E-state index in [0.29, 0.717) is 0 Å². The van der Waals surface area contributed by atoms with Crippen LogP contribution in [-0.4, -0.2) is 72.4 Å². The summed E-state index contributed by atoms with van der Waals surface area (Å²) in [7, 11) is 0. The first-order valence-electron chi connectivity index (χ1n) is 39.7. The van der Waals surface area contributed by atoms with Gasteiger partial charge in [0.2, 0.25) is 0 Å². The topological polar surface area (TPSA) is 158 Å². The lowest BCUT2D eigenvalue weighted by molar-refractivity contribution is -0.223. The van der Waals surface area contributed by atoms with Gasteiger partial charge in [0, 0.05) is 0 Å². The molecular weight excluding hydrogens is 1270 g/mol. The Hall–Kier alpha value is -7.86. The van der Waals surface area contributed by atoms with Crippen LogP contribution in [0.2, 0.25) is 0 Å². The van der Waals surface area contributed by atoms with Gasteiger partial charge in [-0.3, -0.25) is 0 Å². The molecule has 12 heteroatoms. The summed E-state index contributed by atoms with van der Waals surface area (Å²) in [4.78, 5) is 91.9. The monoisotopic (exact) mass is 1390 g/mol. The van der Waals surface area contributed by atoms with E-state index in [1.54, 1.807) is 72.8 Å². The Morgan fingerprint density at radius 3 is 0.422 bits per heavy atom. The number of ether oxygens (including phenoxy) is 6. The minimum absolute atomic E-state index is 0.117. The van der Waals surface area contributed by atoms with Gasteiger partial charge >= 0.3 is 35.8 Å². The molecule has 0 atom stereocenters. The average Bonchev–Trinajstić information content (AvgIpc) is 0.749. The van der Waals surface area contributed by atoms with Gasteiger partial charge in [0.1, 0.15) is 0 Å². The molecule has 0 saturated heterocycles. The van der Waals surface area contributed by atoms with Crippen LogP contribution in [0.5, 0.6) is 0 Å². The Kier molecular flexibility index (Phi) is 37.3. The van der Waals surface area contributed by atoms with Crippen LogP contribution in [-0.2, 0) is 66.9 Å². The van der Waals surface area contributed by atoms with Crippen molar-refractivity contribution >= 4 is 35.8 Å². The standard InChI is InChI=1S/C90H120O12/c1-7-13-19-25-31-37-67-43-55-73(56-44-67)85(91)97-79-80(98-86(92)74-57-45-68(46-58-74)38-32-26-20-14-8-2)82(100-88(94)76-61-49-70(50-62-76)40-34-28-22-16-10-4)84(102-90(96)78-65-53-72(54-66-78)42-36-30-24-18-12-6)83(101-89(95)77-63-51-71(52-64-77)41-35-29-23-17-11-5)81(79)99-87(93)75-59-47-69(48-60-75)39-33-27-21-15-9-3/h43-66,79-84H,7-42H2,1-6H3. The van der Waals surface area contributed by atoms with Crippen molar-refractivity contribution in [1.29, 1.82) is 0 Å². The molecule has 7 rings (SSSR count). The first-order valence-corrected chi connectivity index (χ1v) is 39.7. The van der Waals surface area contributed by atoms with Crippen molar-refractivity contribution in [2.75, 3.05) is 0 Å². The largest absolute Gasteiger partial charge is 0.450 e. The molecule has 0 heterocycles. The van der Waals surface area contributed by atoms with Gasteiger partial charge in [-0.1, -0.05) is 268 Å². The lowest BCUT2D eigenvalue weighted by Crippen LogP contribution is -2.69. The highest BCUT2D eigenvalue weighted by atomic mass is 16.7. The predicted molar refractivity (Wildman–Crippen MR) is 409 cm³/mol. The number of rotatable bonds is 48. The van der Waals surface area contributed by atoms with Gasteiger partial charge in [-0.05, 0) is 183 Å². The van der Waals surface area contributed by atoms with Crippen molar-refractivity contribution in [2.45, 2.75) is 309 Å². The number of benzene rings is 6. The Bertz CT molecular complexity index is 2780. The summed E-state index contributed by atoms with van der Waals surface area (Å²) in [5.74, 6) is -5.45. The van der Waals surface area contributed by atoms with Crippen LogP contribution < -0.4 is 0 Å². The maximum absolute atomic E-state index is 15.3. The lowest BCUT2D eigenvalue weighted by Gasteiger charge is -2.47. The van der Waals surface area contributed by atoms with E-state index >= 15 is 28.8 Å². The molecule has 12 nitrogen and oxygen atoms in total. The van der Waals surface area contributed by atoms with Gasteiger partial charge < -0.3 is 28.4 Å². The highest BCUT2D eigenvalue weighted by molar-refractivity contribution is 5.94. The molecule has 1 saturated carbocycles. The minimum Gasteiger partial charge on any atom is -0.450 e. The molecule has 0 aliphatic heterocycles. The SMILES string of the molecule is CCCCCCCc1ccc(C(=O)OC2C(OC(=O)c3ccc(CCCCCCC)cc3)C(OC(=O)c3ccc(CCCCCCC)cc3)C(OC(=O)c3ccc(CCCCCCC)cc3)C(OC(=O)c3ccc(CCCCCCC)cc3)C2OC(=O)c2ccc(CCCCCCC)cc2)cc1. The van der Waals surface area contributed by atoms with Crippen molar-refractivity contribution in [3.8, 4) is 0 Å². The van der Waals surface area contributed by atoms with Gasteiger partial charge in [-0.15, -0.1) is 0 Å². The number of hydrogen-bond donors (Lipinski definition) is 0. The van der Waals surface area contributed by atoms with Gasteiger partial charge in [-0.2, -0.15) is 0 Å². The number of hydrogen-bond acceptors (Lipinski definition) is 12. The quantitative estimate of drug-likeness (QED) is 0.0203. The van der Waals surface area contributed by atoms with Crippen molar-refractivity contribution in [2.24, 2.45) is 0 Å². The van der Waals surface area contributed by atoms with Gasteiger partial charge in [0.05, 0.1) is 33.4 Å². The fourth-order valence-electron chi connectivity index (χ4n) is 13.5. The molecule has 0 radical (unpaired) electrons. The first kappa shape index (κ1) is 81.4. The molecule has 0 aromatic heterocycles. The van der Waals surface area contributed by atoms with Crippen molar-refractivity contribution < 1.29 is 57.2 Å². The van der Waals surface area contributed by atoms with Gasteiger partial charge in [0.15, 0.2) is 36.6 Å². The number of unbranched alkanes of at least 4 members (excludes halogenated alkanes) is 24. The fourth-order valence-corrected chi connectivity index (χ4v) is 13.5. The van der Waals surface area contributed by atoms with Crippen LogP contribution in [0, 0.1) is 0 Å². The zero-order valence-electron chi connectivity index (χ0n) is 62.7. The average molecular weight is 1390 g/mol. The van der Waals surface area contributed by atoms with Crippen molar-refractivity contribution in [1.82, 2.24) is 0 Å². The normalized spacial score (nSPS) is 16.4. The third-order valence-corrected chi connectivity index (χ3v) is 20.0. The number of aryl methyl sites for hydroxylation is 6. The summed E-state index contributed by atoms with van der Waals surface area (Å²) in [5.41, 5.74) is 6.81. The zero-order chi connectivity index (χ0) is 72.5. The molecule has 0 N–H and O–H groups in total. The minimum atomic E-state index is -1.92. The van der Waals surface area contributed by atoms with Crippen LogP contribution in [0.1, 0.15) is 330 Å². The molecule has 1 fully saturated rings. The molecule has 0 spiro atoms.